The molecular weight excluding hydrogens is 406 g/mol. The van der Waals surface area contributed by atoms with E-state index in [9.17, 15) is 14.4 Å². The average molecular weight is 427 g/mol. The summed E-state index contributed by atoms with van der Waals surface area (Å²) >= 11 is 1.19. The van der Waals surface area contributed by atoms with Crippen LogP contribution in [0.15, 0.2) is 47.4 Å². The van der Waals surface area contributed by atoms with Crippen LogP contribution in [0.2, 0.25) is 0 Å². The summed E-state index contributed by atoms with van der Waals surface area (Å²) in [5.41, 5.74) is 1.64. The summed E-state index contributed by atoms with van der Waals surface area (Å²) in [7, 11) is 3.06. The fourth-order valence-corrected chi connectivity index (χ4v) is 3.67. The number of hydrogen-bond donors (Lipinski definition) is 1. The van der Waals surface area contributed by atoms with Gasteiger partial charge in [0.05, 0.1) is 7.11 Å². The normalized spacial score (nSPS) is 10.5. The molecule has 1 aromatic carbocycles. The van der Waals surface area contributed by atoms with Gasteiger partial charge in [-0.1, -0.05) is 30.3 Å². The maximum absolute atomic E-state index is 12.3. The van der Waals surface area contributed by atoms with Crippen LogP contribution in [-0.2, 0) is 23.0 Å². The third-order valence-corrected chi connectivity index (χ3v) is 5.31. The van der Waals surface area contributed by atoms with Crippen molar-refractivity contribution in [1.82, 2.24) is 9.55 Å². The molecule has 0 atom stereocenters. The van der Waals surface area contributed by atoms with Crippen molar-refractivity contribution in [3.8, 4) is 5.75 Å². The predicted molar refractivity (Wildman–Crippen MR) is 113 cm³/mol. The van der Waals surface area contributed by atoms with E-state index in [0.29, 0.717) is 11.3 Å². The molecule has 0 spiro atoms. The van der Waals surface area contributed by atoms with Crippen molar-refractivity contribution in [2.75, 3.05) is 19.0 Å². The number of hydrogen-bond acceptors (Lipinski definition) is 7. The van der Waals surface area contributed by atoms with Crippen molar-refractivity contribution in [1.29, 1.82) is 0 Å². The second kappa shape index (κ2) is 9.36. The molecule has 3 rings (SSSR count). The first-order valence-electron chi connectivity index (χ1n) is 9.09. The number of anilines is 1. The number of aromatic nitrogens is 2. The maximum Gasteiger partial charge on any atom is 0.357 e. The Bertz CT molecular complexity index is 1120. The van der Waals surface area contributed by atoms with Crippen molar-refractivity contribution in [2.45, 2.75) is 13.3 Å². The van der Waals surface area contributed by atoms with E-state index in [1.165, 1.54) is 30.7 Å². The topological polar surface area (TPSA) is 99.5 Å². The van der Waals surface area contributed by atoms with Crippen LogP contribution in [0.3, 0.4) is 0 Å². The summed E-state index contributed by atoms with van der Waals surface area (Å²) in [5.74, 6) is -0.983. The Labute approximate surface area is 177 Å². The number of rotatable bonds is 7. The van der Waals surface area contributed by atoms with Crippen molar-refractivity contribution < 1.29 is 19.1 Å². The van der Waals surface area contributed by atoms with Gasteiger partial charge in [0.25, 0.3) is 5.91 Å². The molecule has 0 fully saturated rings. The van der Waals surface area contributed by atoms with Crippen LogP contribution < -0.4 is 15.5 Å². The highest BCUT2D eigenvalue weighted by Crippen LogP contribution is 2.26. The number of aryl methyl sites for hydroxylation is 2. The Hall–Kier alpha value is -3.46. The Morgan fingerprint density at radius 2 is 1.97 bits per heavy atom. The number of nitrogens with one attached hydrogen (secondary N) is 1. The first-order chi connectivity index (χ1) is 14.4. The van der Waals surface area contributed by atoms with Crippen LogP contribution in [0.1, 0.15) is 26.6 Å². The van der Waals surface area contributed by atoms with E-state index in [0.717, 1.165) is 11.3 Å². The monoisotopic (exact) mass is 427 g/mol. The molecular formula is C21H21N3O5S. The summed E-state index contributed by atoms with van der Waals surface area (Å²) in [6, 6.07) is 11.0. The molecule has 2 heterocycles. The Kier molecular flexibility index (Phi) is 6.63. The fourth-order valence-electron chi connectivity index (χ4n) is 2.67. The number of methoxy groups -OCH3 is 1. The number of carbonyl (C=O) groups excluding carboxylic acids is 2. The number of carbonyl (C=O) groups is 2. The predicted octanol–water partition coefficient (Wildman–Crippen LogP) is 2.55. The molecule has 0 bridgehead atoms. The molecule has 0 saturated heterocycles. The molecule has 0 unspecified atom stereocenters. The second-order valence-corrected chi connectivity index (χ2v) is 7.62. The number of esters is 1. The van der Waals surface area contributed by atoms with Gasteiger partial charge >= 0.3 is 5.97 Å². The Morgan fingerprint density at radius 1 is 1.23 bits per heavy atom. The van der Waals surface area contributed by atoms with E-state index < -0.39 is 11.9 Å². The van der Waals surface area contributed by atoms with Gasteiger partial charge in [-0.05, 0) is 12.5 Å². The molecule has 9 heteroatoms. The van der Waals surface area contributed by atoms with E-state index in [-0.39, 0.29) is 28.6 Å². The quantitative estimate of drug-likeness (QED) is 0.582. The molecule has 8 nitrogen and oxygen atoms in total. The minimum atomic E-state index is -0.572. The van der Waals surface area contributed by atoms with Gasteiger partial charge in [0.2, 0.25) is 5.43 Å². The van der Waals surface area contributed by atoms with Crippen LogP contribution >= 0.6 is 11.3 Å². The minimum Gasteiger partial charge on any atom is -0.478 e. The number of nitrogens with zero attached hydrogens (tertiary/aromatic N) is 2. The van der Waals surface area contributed by atoms with Gasteiger partial charge in [-0.3, -0.25) is 14.9 Å². The first-order valence-corrected chi connectivity index (χ1v) is 9.91. The maximum atomic E-state index is 12.3. The molecule has 0 saturated carbocycles. The fraction of sp³-hybridized carbons (Fsp3) is 0.238. The molecule has 2 aromatic heterocycles. The zero-order chi connectivity index (χ0) is 21.7. The molecule has 0 aliphatic rings. The lowest BCUT2D eigenvalue weighted by Crippen LogP contribution is -2.22. The number of thiazole rings is 1. The van der Waals surface area contributed by atoms with Gasteiger partial charge in [-0.2, -0.15) is 0 Å². The lowest BCUT2D eigenvalue weighted by molar-refractivity contribution is -0.118. The summed E-state index contributed by atoms with van der Waals surface area (Å²) in [4.78, 5) is 41.2. The van der Waals surface area contributed by atoms with Gasteiger partial charge < -0.3 is 14.0 Å². The van der Waals surface area contributed by atoms with E-state index >= 15 is 0 Å². The van der Waals surface area contributed by atoms with Crippen molar-refractivity contribution in [3.05, 3.63) is 74.6 Å². The minimum absolute atomic E-state index is 0.0809. The largest absolute Gasteiger partial charge is 0.478 e. The molecule has 0 aliphatic heterocycles. The molecule has 0 aliphatic carbocycles. The molecule has 30 heavy (non-hydrogen) atoms. The van der Waals surface area contributed by atoms with Gasteiger partial charge in [0, 0.05) is 36.3 Å². The zero-order valence-electron chi connectivity index (χ0n) is 16.8. The number of amides is 1. The highest BCUT2D eigenvalue weighted by Gasteiger charge is 2.20. The van der Waals surface area contributed by atoms with Gasteiger partial charge in [-0.25, -0.2) is 9.78 Å². The third-order valence-electron chi connectivity index (χ3n) is 4.34. The van der Waals surface area contributed by atoms with E-state index in [4.69, 9.17) is 9.47 Å². The zero-order valence-corrected chi connectivity index (χ0v) is 17.6. The number of benzene rings is 1. The van der Waals surface area contributed by atoms with Crippen molar-refractivity contribution >= 4 is 28.3 Å². The third kappa shape index (κ3) is 5.12. The van der Waals surface area contributed by atoms with Gasteiger partial charge in [0.1, 0.15) is 0 Å². The van der Waals surface area contributed by atoms with E-state index in [1.807, 2.05) is 30.3 Å². The second-order valence-electron chi connectivity index (χ2n) is 6.54. The van der Waals surface area contributed by atoms with Crippen molar-refractivity contribution in [2.24, 2.45) is 7.05 Å². The van der Waals surface area contributed by atoms with Crippen LogP contribution in [0.25, 0.3) is 0 Å². The van der Waals surface area contributed by atoms with E-state index in [2.05, 4.69) is 10.3 Å². The SMILES string of the molecule is COC(=O)c1nc(NC(=O)COc2cn(C)c(C)cc2=O)sc1Cc1ccccc1. The summed E-state index contributed by atoms with van der Waals surface area (Å²) in [5, 5.41) is 2.87. The molecule has 1 N–H and O–H groups in total. The Morgan fingerprint density at radius 3 is 2.67 bits per heavy atom. The smallest absolute Gasteiger partial charge is 0.357 e. The summed E-state index contributed by atoms with van der Waals surface area (Å²) < 4.78 is 11.9. The highest BCUT2D eigenvalue weighted by molar-refractivity contribution is 7.16. The summed E-state index contributed by atoms with van der Waals surface area (Å²) in [6.07, 6.45) is 2.01. The average Bonchev–Trinajstić information content (AvgIpc) is 3.11. The first kappa shape index (κ1) is 21.3. The standard InChI is InChI=1S/C21H21N3O5S/c1-13-9-15(25)16(11-24(13)2)29-12-18(26)22-21-23-19(20(27)28-3)17(30-21)10-14-7-5-4-6-8-14/h4-9,11H,10,12H2,1-3H3,(H,22,23,26). The number of ether oxygens (including phenoxy) is 2. The molecule has 0 radical (unpaired) electrons. The van der Waals surface area contributed by atoms with Crippen molar-refractivity contribution in [3.63, 3.8) is 0 Å². The molecule has 156 valence electrons. The van der Waals surface area contributed by atoms with Crippen LogP contribution in [0.4, 0.5) is 5.13 Å². The number of pyridine rings is 1. The van der Waals surface area contributed by atoms with Crippen LogP contribution in [-0.4, -0.2) is 35.1 Å². The Balaban J connectivity index is 1.71. The molecule has 3 aromatic rings. The van der Waals surface area contributed by atoms with Gasteiger partial charge in [-0.15, -0.1) is 11.3 Å². The lowest BCUT2D eigenvalue weighted by atomic mass is 10.1. The lowest BCUT2D eigenvalue weighted by Gasteiger charge is -2.08. The van der Waals surface area contributed by atoms with Crippen LogP contribution in [0.5, 0.6) is 5.75 Å². The van der Waals surface area contributed by atoms with E-state index in [1.54, 1.807) is 18.5 Å². The summed E-state index contributed by atoms with van der Waals surface area (Å²) in [6.45, 7) is 1.44. The van der Waals surface area contributed by atoms with Gasteiger partial charge in [0.15, 0.2) is 23.2 Å². The highest BCUT2D eigenvalue weighted by atomic mass is 32.1. The van der Waals surface area contributed by atoms with Crippen LogP contribution in [0, 0.1) is 6.92 Å². The molecule has 1 amide bonds.